The molecule has 0 atom stereocenters. The van der Waals surface area contributed by atoms with Gasteiger partial charge in [0.1, 0.15) is 5.76 Å². The van der Waals surface area contributed by atoms with Crippen molar-refractivity contribution in [3.63, 3.8) is 0 Å². The Labute approximate surface area is 175 Å². The smallest absolute Gasteiger partial charge is 0.191 e. The number of halogens is 1. The van der Waals surface area contributed by atoms with Crippen LogP contribution in [0.2, 0.25) is 0 Å². The van der Waals surface area contributed by atoms with Gasteiger partial charge < -0.3 is 20.1 Å². The van der Waals surface area contributed by atoms with Crippen LogP contribution in [0.5, 0.6) is 0 Å². The van der Waals surface area contributed by atoms with Gasteiger partial charge in [-0.2, -0.15) is 0 Å². The van der Waals surface area contributed by atoms with Crippen LogP contribution in [0.1, 0.15) is 50.1 Å². The minimum absolute atomic E-state index is 0. The molecular weight excluding hydrogens is 441 g/mol. The lowest BCUT2D eigenvalue weighted by Gasteiger charge is -2.29. The second-order valence-corrected chi connectivity index (χ2v) is 7.12. The summed E-state index contributed by atoms with van der Waals surface area (Å²) in [7, 11) is 0. The molecule has 2 heterocycles. The van der Waals surface area contributed by atoms with Gasteiger partial charge in [0.15, 0.2) is 5.96 Å². The van der Waals surface area contributed by atoms with Crippen molar-refractivity contribution in [1.82, 2.24) is 20.7 Å². The van der Waals surface area contributed by atoms with E-state index in [1.54, 1.807) is 0 Å². The van der Waals surface area contributed by atoms with Crippen molar-refractivity contribution in [3.05, 3.63) is 17.0 Å². The van der Waals surface area contributed by atoms with Crippen LogP contribution < -0.4 is 10.6 Å². The number of rotatable bonds is 8. The van der Waals surface area contributed by atoms with Gasteiger partial charge in [-0.1, -0.05) is 12.1 Å². The third-order valence-electron chi connectivity index (χ3n) is 4.97. The van der Waals surface area contributed by atoms with Gasteiger partial charge in [-0.3, -0.25) is 4.99 Å². The predicted octanol–water partition coefficient (Wildman–Crippen LogP) is 3.13. The molecule has 1 aromatic heterocycles. The molecule has 0 amide bonds. The van der Waals surface area contributed by atoms with Crippen LogP contribution in [0.25, 0.3) is 0 Å². The van der Waals surface area contributed by atoms with E-state index in [1.807, 2.05) is 13.8 Å². The first-order valence-corrected chi connectivity index (χ1v) is 9.76. The maximum Gasteiger partial charge on any atom is 0.191 e. The summed E-state index contributed by atoms with van der Waals surface area (Å²) in [6, 6.07) is 0. The number of hydrogen-bond acceptors (Lipinski definition) is 4. The minimum Gasteiger partial charge on any atom is -0.361 e. The highest BCUT2D eigenvalue weighted by atomic mass is 127. The lowest BCUT2D eigenvalue weighted by molar-refractivity contribution is 0.192. The summed E-state index contributed by atoms with van der Waals surface area (Å²) >= 11 is 0. The van der Waals surface area contributed by atoms with E-state index in [4.69, 9.17) is 9.52 Å². The molecular formula is C19H36IN5O. The number of nitrogens with one attached hydrogen (secondary N) is 2. The Morgan fingerprint density at radius 1 is 1.27 bits per heavy atom. The second-order valence-electron chi connectivity index (χ2n) is 7.12. The molecule has 0 aromatic carbocycles. The van der Waals surface area contributed by atoms with Crippen LogP contribution in [0.4, 0.5) is 0 Å². The average molecular weight is 477 g/mol. The molecule has 1 aliphatic heterocycles. The summed E-state index contributed by atoms with van der Waals surface area (Å²) in [5.41, 5.74) is 2.18. The zero-order valence-electron chi connectivity index (χ0n) is 16.8. The summed E-state index contributed by atoms with van der Waals surface area (Å²) in [4.78, 5) is 7.28. The third kappa shape index (κ3) is 7.82. The molecule has 2 N–H and O–H groups in total. The van der Waals surface area contributed by atoms with E-state index in [0.717, 1.165) is 62.4 Å². The van der Waals surface area contributed by atoms with Crippen molar-refractivity contribution < 1.29 is 4.52 Å². The fourth-order valence-electron chi connectivity index (χ4n) is 3.28. The molecule has 2 rings (SSSR count). The first-order valence-electron chi connectivity index (χ1n) is 9.76. The summed E-state index contributed by atoms with van der Waals surface area (Å²) in [6.07, 6.45) is 4.71. The number of aryl methyl sites for hydroxylation is 2. The highest BCUT2D eigenvalue weighted by Gasteiger charge is 2.14. The van der Waals surface area contributed by atoms with Crippen LogP contribution >= 0.6 is 24.0 Å². The lowest BCUT2D eigenvalue weighted by Crippen LogP contribution is -2.38. The predicted molar refractivity (Wildman–Crippen MR) is 119 cm³/mol. The Hall–Kier alpha value is -0.830. The molecule has 1 fully saturated rings. The number of aliphatic imine (C=N–C) groups is 1. The van der Waals surface area contributed by atoms with Gasteiger partial charge in [0.2, 0.25) is 0 Å². The van der Waals surface area contributed by atoms with Crippen LogP contribution in [0, 0.1) is 19.8 Å². The molecule has 0 unspecified atom stereocenters. The number of hydrogen-bond donors (Lipinski definition) is 2. The molecule has 1 aromatic rings. The third-order valence-corrected chi connectivity index (χ3v) is 4.97. The number of likely N-dealkylation sites (tertiary alicyclic amines) is 1. The maximum atomic E-state index is 5.22. The van der Waals surface area contributed by atoms with Gasteiger partial charge in [-0.05, 0) is 72.0 Å². The molecule has 6 nitrogen and oxygen atoms in total. The quantitative estimate of drug-likeness (QED) is 0.261. The molecule has 0 bridgehead atoms. The molecule has 0 saturated carbocycles. The monoisotopic (exact) mass is 477 g/mol. The Morgan fingerprint density at radius 2 is 2.00 bits per heavy atom. The molecule has 0 spiro atoms. The van der Waals surface area contributed by atoms with Gasteiger partial charge in [0.25, 0.3) is 0 Å². The van der Waals surface area contributed by atoms with Crippen molar-refractivity contribution in [1.29, 1.82) is 0 Å². The summed E-state index contributed by atoms with van der Waals surface area (Å²) in [6.45, 7) is 14.7. The number of aromatic nitrogens is 1. The van der Waals surface area contributed by atoms with Crippen molar-refractivity contribution in [2.75, 3.05) is 39.3 Å². The summed E-state index contributed by atoms with van der Waals surface area (Å²) < 4.78 is 5.22. The van der Waals surface area contributed by atoms with Gasteiger partial charge in [0.05, 0.1) is 5.69 Å². The Balaban J connectivity index is 0.00000338. The first kappa shape index (κ1) is 23.2. The minimum atomic E-state index is 0. The van der Waals surface area contributed by atoms with E-state index in [-0.39, 0.29) is 24.0 Å². The molecule has 0 radical (unpaired) electrons. The molecule has 0 aliphatic carbocycles. The molecule has 150 valence electrons. The lowest BCUT2D eigenvalue weighted by atomic mass is 9.99. The van der Waals surface area contributed by atoms with Crippen LogP contribution in [-0.4, -0.2) is 55.3 Å². The van der Waals surface area contributed by atoms with Gasteiger partial charge in [-0.15, -0.1) is 24.0 Å². The Bertz CT molecular complexity index is 519. The topological polar surface area (TPSA) is 65.7 Å². The van der Waals surface area contributed by atoms with Crippen LogP contribution in [0.15, 0.2) is 9.52 Å². The fraction of sp³-hybridized carbons (Fsp3) is 0.789. The van der Waals surface area contributed by atoms with Crippen molar-refractivity contribution in [3.8, 4) is 0 Å². The van der Waals surface area contributed by atoms with Gasteiger partial charge in [0, 0.05) is 25.2 Å². The zero-order chi connectivity index (χ0) is 18.1. The Morgan fingerprint density at radius 3 is 2.62 bits per heavy atom. The van der Waals surface area contributed by atoms with Crippen molar-refractivity contribution in [2.24, 2.45) is 10.9 Å². The molecule has 7 heteroatoms. The normalized spacial score (nSPS) is 16.4. The first-order chi connectivity index (χ1) is 12.1. The number of nitrogens with zero attached hydrogens (tertiary/aromatic N) is 3. The number of guanidine groups is 1. The Kier molecular flexibility index (Phi) is 11.2. The highest BCUT2D eigenvalue weighted by Crippen LogP contribution is 2.15. The van der Waals surface area contributed by atoms with Crippen LogP contribution in [-0.2, 0) is 6.42 Å². The maximum absolute atomic E-state index is 5.22. The van der Waals surface area contributed by atoms with Gasteiger partial charge in [-0.25, -0.2) is 0 Å². The van der Waals surface area contributed by atoms with E-state index >= 15 is 0 Å². The average Bonchev–Trinajstić information content (AvgIpc) is 2.92. The van der Waals surface area contributed by atoms with Gasteiger partial charge >= 0.3 is 0 Å². The van der Waals surface area contributed by atoms with Crippen molar-refractivity contribution >= 4 is 29.9 Å². The van der Waals surface area contributed by atoms with E-state index in [2.05, 4.69) is 34.5 Å². The molecule has 26 heavy (non-hydrogen) atoms. The standard InChI is InChI=1S/C19H35N5O.HI/c1-5-20-19(22-11-7-18-16(3)23-25-17(18)4)21-10-6-12-24-13-8-15(2)9-14-24;/h15H,5-14H2,1-4H3,(H2,20,21,22);1H. The van der Waals surface area contributed by atoms with E-state index < -0.39 is 0 Å². The molecule has 1 aliphatic rings. The van der Waals surface area contributed by atoms with E-state index in [0.29, 0.717) is 0 Å². The zero-order valence-corrected chi connectivity index (χ0v) is 19.1. The van der Waals surface area contributed by atoms with Crippen molar-refractivity contribution in [2.45, 2.75) is 53.4 Å². The summed E-state index contributed by atoms with van der Waals surface area (Å²) in [5.74, 6) is 2.72. The molecule has 1 saturated heterocycles. The highest BCUT2D eigenvalue weighted by molar-refractivity contribution is 14.0. The van der Waals surface area contributed by atoms with Crippen LogP contribution in [0.3, 0.4) is 0 Å². The van der Waals surface area contributed by atoms with E-state index in [1.165, 1.54) is 31.5 Å². The second kappa shape index (κ2) is 12.5. The van der Waals surface area contributed by atoms with E-state index in [9.17, 15) is 0 Å². The number of piperidine rings is 1. The fourth-order valence-corrected chi connectivity index (χ4v) is 3.28. The largest absolute Gasteiger partial charge is 0.361 e. The summed E-state index contributed by atoms with van der Waals surface area (Å²) in [5, 5.41) is 10.7. The SMILES string of the molecule is CCNC(=NCCCN1CCC(C)CC1)NCCc1c(C)noc1C.I.